The molecule has 4 nitrogen and oxygen atoms in total. The summed E-state index contributed by atoms with van der Waals surface area (Å²) in [6.07, 6.45) is 7.45. The van der Waals surface area contributed by atoms with Gasteiger partial charge in [0.2, 0.25) is 5.91 Å². The molecule has 2 aliphatic rings. The molecule has 1 saturated carbocycles. The largest absolute Gasteiger partial charge is 0.342 e. The molecule has 0 aromatic heterocycles. The molecule has 1 heterocycles. The van der Waals surface area contributed by atoms with Gasteiger partial charge in [-0.2, -0.15) is 0 Å². The van der Waals surface area contributed by atoms with Crippen LogP contribution in [0.5, 0.6) is 0 Å². The average molecular weight is 295 g/mol. The number of hydrogen-bond donors (Lipinski definition) is 1. The van der Waals surface area contributed by atoms with Crippen molar-refractivity contribution in [3.05, 3.63) is 0 Å². The number of rotatable bonds is 6. The maximum Gasteiger partial charge on any atom is 0.236 e. The number of likely N-dealkylation sites (tertiary alicyclic amines) is 1. The highest BCUT2D eigenvalue weighted by molar-refractivity contribution is 5.78. The molecule has 1 saturated heterocycles. The summed E-state index contributed by atoms with van der Waals surface area (Å²) in [7, 11) is 2.20. The molecular weight excluding hydrogens is 262 g/mol. The number of nitrogens with one attached hydrogen (secondary N) is 1. The third-order valence-electron chi connectivity index (χ3n) is 5.29. The van der Waals surface area contributed by atoms with E-state index in [-0.39, 0.29) is 0 Å². The summed E-state index contributed by atoms with van der Waals surface area (Å²) in [4.78, 5) is 16.7. The van der Waals surface area contributed by atoms with Gasteiger partial charge in [0.1, 0.15) is 0 Å². The smallest absolute Gasteiger partial charge is 0.236 e. The zero-order valence-electron chi connectivity index (χ0n) is 14.1. The molecule has 0 bridgehead atoms. The predicted octanol–water partition coefficient (Wildman–Crippen LogP) is 2.10. The Balaban J connectivity index is 1.64. The highest BCUT2D eigenvalue weighted by atomic mass is 16.2. The molecule has 1 aliphatic heterocycles. The summed E-state index contributed by atoms with van der Waals surface area (Å²) in [5.41, 5.74) is 0. The molecule has 0 radical (unpaired) electrons. The van der Waals surface area contributed by atoms with Crippen molar-refractivity contribution < 1.29 is 4.79 Å². The van der Waals surface area contributed by atoms with Gasteiger partial charge in [-0.25, -0.2) is 0 Å². The van der Waals surface area contributed by atoms with Crippen LogP contribution >= 0.6 is 0 Å². The van der Waals surface area contributed by atoms with Gasteiger partial charge in [0, 0.05) is 31.7 Å². The molecule has 0 aromatic carbocycles. The van der Waals surface area contributed by atoms with Crippen molar-refractivity contribution in [1.29, 1.82) is 0 Å². The zero-order chi connectivity index (χ0) is 15.2. The lowest BCUT2D eigenvalue weighted by atomic mass is 9.96. The fraction of sp³-hybridized carbons (Fsp3) is 0.941. The number of amides is 1. The van der Waals surface area contributed by atoms with Crippen molar-refractivity contribution in [2.24, 2.45) is 5.92 Å². The van der Waals surface area contributed by atoms with E-state index in [2.05, 4.69) is 36.0 Å². The minimum atomic E-state index is 0.303. The third-order valence-corrected chi connectivity index (χ3v) is 5.29. The van der Waals surface area contributed by atoms with E-state index < -0.39 is 0 Å². The Morgan fingerprint density at radius 1 is 1.19 bits per heavy atom. The number of nitrogens with zero attached hydrogens (tertiary/aromatic N) is 2. The third kappa shape index (κ3) is 5.26. The molecule has 0 unspecified atom stereocenters. The lowest BCUT2D eigenvalue weighted by Crippen LogP contribution is -2.46. The molecular formula is C17H33N3O. The van der Waals surface area contributed by atoms with E-state index in [1.54, 1.807) is 0 Å². The molecule has 0 spiro atoms. The van der Waals surface area contributed by atoms with Crippen LogP contribution in [0.25, 0.3) is 0 Å². The summed E-state index contributed by atoms with van der Waals surface area (Å²) >= 11 is 0. The second kappa shape index (κ2) is 8.14. The Labute approximate surface area is 130 Å². The topological polar surface area (TPSA) is 35.6 Å². The van der Waals surface area contributed by atoms with Gasteiger partial charge in [-0.3, -0.25) is 4.79 Å². The van der Waals surface area contributed by atoms with Crippen LogP contribution in [0.2, 0.25) is 0 Å². The first-order valence-corrected chi connectivity index (χ1v) is 8.77. The molecule has 0 atom stereocenters. The summed E-state index contributed by atoms with van der Waals surface area (Å²) in [6, 6.07) is 1.20. The fourth-order valence-electron chi connectivity index (χ4n) is 3.46. The first kappa shape index (κ1) is 16.8. The number of hydrogen-bond acceptors (Lipinski definition) is 3. The molecule has 4 heteroatoms. The van der Waals surface area contributed by atoms with E-state index in [9.17, 15) is 4.79 Å². The van der Waals surface area contributed by atoms with Crippen molar-refractivity contribution >= 4 is 5.91 Å². The van der Waals surface area contributed by atoms with Gasteiger partial charge in [-0.1, -0.05) is 12.8 Å². The summed E-state index contributed by atoms with van der Waals surface area (Å²) in [5.74, 6) is 1.06. The van der Waals surface area contributed by atoms with Crippen LogP contribution in [0.4, 0.5) is 0 Å². The van der Waals surface area contributed by atoms with Crippen LogP contribution in [0, 0.1) is 5.92 Å². The van der Waals surface area contributed by atoms with Gasteiger partial charge >= 0.3 is 0 Å². The zero-order valence-corrected chi connectivity index (χ0v) is 14.1. The fourth-order valence-corrected chi connectivity index (χ4v) is 3.46. The van der Waals surface area contributed by atoms with Crippen LogP contribution < -0.4 is 5.32 Å². The minimum Gasteiger partial charge on any atom is -0.342 e. The summed E-state index contributed by atoms with van der Waals surface area (Å²) < 4.78 is 0. The van der Waals surface area contributed by atoms with Gasteiger partial charge in [0.15, 0.2) is 0 Å². The predicted molar refractivity (Wildman–Crippen MR) is 87.3 cm³/mol. The highest BCUT2D eigenvalue weighted by Crippen LogP contribution is 2.20. The lowest BCUT2D eigenvalue weighted by Gasteiger charge is -2.35. The first-order valence-electron chi connectivity index (χ1n) is 8.77. The molecule has 1 N–H and O–H groups in total. The van der Waals surface area contributed by atoms with Crippen LogP contribution in [-0.4, -0.2) is 61.0 Å². The molecule has 1 aliphatic carbocycles. The second-order valence-electron chi connectivity index (χ2n) is 7.22. The van der Waals surface area contributed by atoms with E-state index in [1.807, 2.05) is 0 Å². The van der Waals surface area contributed by atoms with Gasteiger partial charge < -0.3 is 15.1 Å². The number of carbonyl (C=O) groups is 1. The SMILES string of the molecule is CC(C)N(C)CC1CCN(C(=O)CNC2CCCC2)CC1. The van der Waals surface area contributed by atoms with Crippen LogP contribution in [0.15, 0.2) is 0 Å². The quantitative estimate of drug-likeness (QED) is 0.815. The van der Waals surface area contributed by atoms with Crippen LogP contribution in [0.1, 0.15) is 52.4 Å². The van der Waals surface area contributed by atoms with Crippen LogP contribution in [0.3, 0.4) is 0 Å². The standard InChI is InChI=1S/C17H33N3O/c1-14(2)19(3)13-15-8-10-20(11-9-15)17(21)12-18-16-6-4-5-7-16/h14-16,18H,4-13H2,1-3H3. The number of piperidine rings is 1. The maximum atomic E-state index is 12.2. The van der Waals surface area contributed by atoms with Gasteiger partial charge in [0.25, 0.3) is 0 Å². The van der Waals surface area contributed by atoms with E-state index >= 15 is 0 Å². The summed E-state index contributed by atoms with van der Waals surface area (Å²) in [5, 5.41) is 3.44. The van der Waals surface area contributed by atoms with E-state index in [0.717, 1.165) is 31.8 Å². The van der Waals surface area contributed by atoms with Crippen molar-refractivity contribution in [2.75, 3.05) is 33.2 Å². The molecule has 1 amide bonds. The first-order chi connectivity index (χ1) is 10.1. The minimum absolute atomic E-state index is 0.303. The molecule has 21 heavy (non-hydrogen) atoms. The van der Waals surface area contributed by atoms with Crippen molar-refractivity contribution in [1.82, 2.24) is 15.1 Å². The van der Waals surface area contributed by atoms with Gasteiger partial charge in [0.05, 0.1) is 6.54 Å². The second-order valence-corrected chi connectivity index (χ2v) is 7.22. The van der Waals surface area contributed by atoms with Crippen molar-refractivity contribution in [3.8, 4) is 0 Å². The highest BCUT2D eigenvalue weighted by Gasteiger charge is 2.24. The van der Waals surface area contributed by atoms with Gasteiger partial charge in [-0.05, 0) is 52.5 Å². The Kier molecular flexibility index (Phi) is 6.49. The average Bonchev–Trinajstić information content (AvgIpc) is 2.98. The lowest BCUT2D eigenvalue weighted by molar-refractivity contribution is -0.131. The van der Waals surface area contributed by atoms with E-state index in [4.69, 9.17) is 0 Å². The Hall–Kier alpha value is -0.610. The molecule has 2 rings (SSSR count). The monoisotopic (exact) mass is 295 g/mol. The Bertz CT molecular complexity index is 318. The normalized spacial score (nSPS) is 21.7. The maximum absolute atomic E-state index is 12.2. The van der Waals surface area contributed by atoms with E-state index in [1.165, 1.54) is 32.2 Å². The Morgan fingerprint density at radius 2 is 1.81 bits per heavy atom. The number of carbonyl (C=O) groups excluding carboxylic acids is 1. The summed E-state index contributed by atoms with van der Waals surface area (Å²) in [6.45, 7) is 8.09. The van der Waals surface area contributed by atoms with Crippen LogP contribution in [-0.2, 0) is 4.79 Å². The molecule has 2 fully saturated rings. The van der Waals surface area contributed by atoms with E-state index in [0.29, 0.717) is 24.5 Å². The van der Waals surface area contributed by atoms with Crippen molar-refractivity contribution in [3.63, 3.8) is 0 Å². The van der Waals surface area contributed by atoms with Crippen molar-refractivity contribution in [2.45, 2.75) is 64.5 Å². The molecule has 0 aromatic rings. The molecule has 122 valence electrons. The van der Waals surface area contributed by atoms with Gasteiger partial charge in [-0.15, -0.1) is 0 Å². The Morgan fingerprint density at radius 3 is 2.38 bits per heavy atom.